The summed E-state index contributed by atoms with van der Waals surface area (Å²) in [6.45, 7) is 3.56. The summed E-state index contributed by atoms with van der Waals surface area (Å²) in [7, 11) is 0. The Labute approximate surface area is 222 Å². The molecule has 0 saturated carbocycles. The molecule has 5 rings (SSSR count). The molecule has 0 radical (unpaired) electrons. The van der Waals surface area contributed by atoms with Gasteiger partial charge < -0.3 is 18.8 Å². The molecular formula is C33H31NO4. The van der Waals surface area contributed by atoms with Crippen molar-refractivity contribution >= 4 is 33.7 Å². The highest BCUT2D eigenvalue weighted by atomic mass is 16.5. The first-order valence-corrected chi connectivity index (χ1v) is 13.1. The molecule has 1 heterocycles. The van der Waals surface area contributed by atoms with Crippen molar-refractivity contribution in [2.24, 2.45) is 0 Å². The largest absolute Gasteiger partial charge is 0.493 e. The molecule has 0 unspecified atom stereocenters. The molecule has 38 heavy (non-hydrogen) atoms. The maximum Gasteiger partial charge on any atom is 0.193 e. The summed E-state index contributed by atoms with van der Waals surface area (Å²) < 4.78 is 14.1. The molecule has 0 aliphatic heterocycles. The van der Waals surface area contributed by atoms with Gasteiger partial charge in [0, 0.05) is 35.4 Å². The van der Waals surface area contributed by atoms with Gasteiger partial charge in [-0.15, -0.1) is 0 Å². The summed E-state index contributed by atoms with van der Waals surface area (Å²) in [5, 5.41) is 3.25. The summed E-state index contributed by atoms with van der Waals surface area (Å²) in [5.41, 5.74) is 3.54. The van der Waals surface area contributed by atoms with Crippen LogP contribution in [0.3, 0.4) is 0 Å². The maximum absolute atomic E-state index is 12.9. The summed E-state index contributed by atoms with van der Waals surface area (Å²) in [6.07, 6.45) is 5.44. The van der Waals surface area contributed by atoms with Gasteiger partial charge >= 0.3 is 0 Å². The summed E-state index contributed by atoms with van der Waals surface area (Å²) in [6, 6.07) is 27.3. The number of aryl methyl sites for hydroxylation is 1. The predicted molar refractivity (Wildman–Crippen MR) is 151 cm³/mol. The van der Waals surface area contributed by atoms with Gasteiger partial charge in [0.25, 0.3) is 0 Å². The molecule has 5 nitrogen and oxygen atoms in total. The molecule has 0 amide bonds. The summed E-state index contributed by atoms with van der Waals surface area (Å²) in [4.78, 5) is 23.8. The van der Waals surface area contributed by atoms with E-state index in [0.29, 0.717) is 30.9 Å². The van der Waals surface area contributed by atoms with Crippen LogP contribution in [0, 0.1) is 0 Å². The smallest absolute Gasteiger partial charge is 0.193 e. The van der Waals surface area contributed by atoms with Crippen LogP contribution in [0.25, 0.3) is 21.7 Å². The standard InChI is InChI=1S/C33H31NO4/c1-2-7-30-29-14-11-27(33(36)25-8-4-3-5-9-25)22-26(29)12-15-32(30)38-21-6-20-37-28-13-10-24-16-17-34(18-19-35)31(24)23-28/h3-5,8-17,19,22-23H,2,6-7,18,20-21H2,1H3. The van der Waals surface area contributed by atoms with Crippen LogP contribution in [0.4, 0.5) is 0 Å². The second-order valence-electron chi connectivity index (χ2n) is 9.33. The minimum Gasteiger partial charge on any atom is -0.493 e. The van der Waals surface area contributed by atoms with E-state index in [1.165, 1.54) is 5.56 Å². The number of aldehydes is 1. The van der Waals surface area contributed by atoms with E-state index in [0.717, 1.165) is 58.7 Å². The molecule has 4 aromatic carbocycles. The molecule has 0 aliphatic carbocycles. The average Bonchev–Trinajstić information content (AvgIpc) is 3.36. The quantitative estimate of drug-likeness (QED) is 0.104. The van der Waals surface area contributed by atoms with E-state index in [2.05, 4.69) is 6.92 Å². The highest BCUT2D eigenvalue weighted by Crippen LogP contribution is 2.31. The number of nitrogens with zero attached hydrogens (tertiary/aromatic N) is 1. The Balaban J connectivity index is 1.24. The molecule has 0 aliphatic rings. The van der Waals surface area contributed by atoms with Crippen LogP contribution >= 0.6 is 0 Å². The van der Waals surface area contributed by atoms with Gasteiger partial charge in [0.2, 0.25) is 0 Å². The molecule has 0 fully saturated rings. The normalized spacial score (nSPS) is 11.1. The zero-order valence-electron chi connectivity index (χ0n) is 21.6. The number of ether oxygens (including phenoxy) is 2. The van der Waals surface area contributed by atoms with Crippen molar-refractivity contribution in [2.75, 3.05) is 13.2 Å². The van der Waals surface area contributed by atoms with Crippen molar-refractivity contribution in [1.29, 1.82) is 0 Å². The van der Waals surface area contributed by atoms with Crippen molar-refractivity contribution in [1.82, 2.24) is 4.57 Å². The third-order valence-electron chi connectivity index (χ3n) is 6.72. The lowest BCUT2D eigenvalue weighted by atomic mass is 9.95. The van der Waals surface area contributed by atoms with E-state index in [1.807, 2.05) is 95.7 Å². The summed E-state index contributed by atoms with van der Waals surface area (Å²) >= 11 is 0. The molecule has 0 spiro atoms. The van der Waals surface area contributed by atoms with Gasteiger partial charge in [-0.05, 0) is 52.9 Å². The third kappa shape index (κ3) is 5.47. The van der Waals surface area contributed by atoms with E-state index >= 15 is 0 Å². The zero-order chi connectivity index (χ0) is 26.3. The first kappa shape index (κ1) is 25.3. The molecular weight excluding hydrogens is 474 g/mol. The number of carbonyl (C=O) groups is 2. The fourth-order valence-electron chi connectivity index (χ4n) is 4.84. The van der Waals surface area contributed by atoms with Crippen LogP contribution in [-0.4, -0.2) is 29.9 Å². The Kier molecular flexibility index (Phi) is 7.84. The molecule has 5 aromatic rings. The van der Waals surface area contributed by atoms with Crippen molar-refractivity contribution in [3.05, 3.63) is 108 Å². The molecule has 1 aromatic heterocycles. The second-order valence-corrected chi connectivity index (χ2v) is 9.33. The lowest BCUT2D eigenvalue weighted by Gasteiger charge is -2.15. The molecule has 0 N–H and O–H groups in total. The Bertz CT molecular complexity index is 1570. The number of hydrogen-bond acceptors (Lipinski definition) is 4. The number of carbonyl (C=O) groups excluding carboxylic acids is 2. The molecule has 5 heteroatoms. The van der Waals surface area contributed by atoms with Gasteiger partial charge in [-0.25, -0.2) is 0 Å². The highest BCUT2D eigenvalue weighted by Gasteiger charge is 2.13. The number of rotatable bonds is 12. The van der Waals surface area contributed by atoms with E-state index in [1.54, 1.807) is 0 Å². The average molecular weight is 506 g/mol. The van der Waals surface area contributed by atoms with Crippen LogP contribution in [-0.2, 0) is 17.8 Å². The predicted octanol–water partition coefficient (Wildman–Crippen LogP) is 7.02. The minimum atomic E-state index is 0.0287. The van der Waals surface area contributed by atoms with E-state index in [4.69, 9.17) is 9.47 Å². The number of aromatic nitrogens is 1. The first-order chi connectivity index (χ1) is 18.7. The number of ketones is 1. The van der Waals surface area contributed by atoms with Gasteiger partial charge in [0.05, 0.1) is 25.3 Å². The van der Waals surface area contributed by atoms with Crippen LogP contribution in [0.5, 0.6) is 11.5 Å². The van der Waals surface area contributed by atoms with Crippen LogP contribution < -0.4 is 9.47 Å². The number of benzene rings is 4. The Hall–Kier alpha value is -4.38. The first-order valence-electron chi connectivity index (χ1n) is 13.1. The lowest BCUT2D eigenvalue weighted by molar-refractivity contribution is -0.108. The highest BCUT2D eigenvalue weighted by molar-refractivity contribution is 6.10. The van der Waals surface area contributed by atoms with Crippen molar-refractivity contribution in [3.63, 3.8) is 0 Å². The van der Waals surface area contributed by atoms with Crippen LogP contribution in [0.1, 0.15) is 41.3 Å². The van der Waals surface area contributed by atoms with E-state index < -0.39 is 0 Å². The van der Waals surface area contributed by atoms with Gasteiger partial charge in [-0.2, -0.15) is 0 Å². The van der Waals surface area contributed by atoms with Crippen molar-refractivity contribution in [2.45, 2.75) is 32.7 Å². The van der Waals surface area contributed by atoms with E-state index in [9.17, 15) is 9.59 Å². The monoisotopic (exact) mass is 505 g/mol. The van der Waals surface area contributed by atoms with Gasteiger partial charge in [0.15, 0.2) is 5.78 Å². The summed E-state index contributed by atoms with van der Waals surface area (Å²) in [5.74, 6) is 1.69. The Morgan fingerprint density at radius 1 is 0.842 bits per heavy atom. The van der Waals surface area contributed by atoms with Gasteiger partial charge in [-0.3, -0.25) is 4.79 Å². The van der Waals surface area contributed by atoms with Crippen LogP contribution in [0.15, 0.2) is 91.1 Å². The fourth-order valence-corrected chi connectivity index (χ4v) is 4.84. The lowest BCUT2D eigenvalue weighted by Crippen LogP contribution is -2.07. The van der Waals surface area contributed by atoms with E-state index in [-0.39, 0.29) is 5.78 Å². The number of fused-ring (bicyclic) bond motifs is 2. The van der Waals surface area contributed by atoms with Gasteiger partial charge in [-0.1, -0.05) is 61.9 Å². The second kappa shape index (κ2) is 11.8. The molecule has 192 valence electrons. The SMILES string of the molecule is CCCc1c(OCCCOc2ccc3ccn(CC=O)c3c2)ccc2cc(C(=O)c3ccccc3)ccc12. The number of hydrogen-bond donors (Lipinski definition) is 0. The topological polar surface area (TPSA) is 57.5 Å². The molecule has 0 atom stereocenters. The van der Waals surface area contributed by atoms with Crippen LogP contribution in [0.2, 0.25) is 0 Å². The Morgan fingerprint density at radius 2 is 1.66 bits per heavy atom. The minimum absolute atomic E-state index is 0.0287. The Morgan fingerprint density at radius 3 is 2.47 bits per heavy atom. The fraction of sp³-hybridized carbons (Fsp3) is 0.212. The zero-order valence-corrected chi connectivity index (χ0v) is 21.6. The molecule has 0 saturated heterocycles. The van der Waals surface area contributed by atoms with Gasteiger partial charge in [0.1, 0.15) is 17.8 Å². The maximum atomic E-state index is 12.9. The van der Waals surface area contributed by atoms with Crippen molar-refractivity contribution in [3.8, 4) is 11.5 Å². The molecule has 0 bridgehead atoms. The van der Waals surface area contributed by atoms with Crippen molar-refractivity contribution < 1.29 is 19.1 Å². The third-order valence-corrected chi connectivity index (χ3v) is 6.72.